The lowest BCUT2D eigenvalue weighted by Gasteiger charge is -2.45. The monoisotopic (exact) mass is 359 g/mol. The number of carbonyl (C=O) groups excluding carboxylic acids is 1. The molecule has 3 rings (SSSR count). The van der Waals surface area contributed by atoms with Crippen molar-refractivity contribution in [2.24, 2.45) is 0 Å². The molecule has 2 fully saturated rings. The van der Waals surface area contributed by atoms with Crippen molar-refractivity contribution in [2.45, 2.75) is 44.2 Å². The first-order chi connectivity index (χ1) is 12.5. The zero-order valence-electron chi connectivity index (χ0n) is 16.5. The Morgan fingerprint density at radius 3 is 2.42 bits per heavy atom. The van der Waals surface area contributed by atoms with Crippen molar-refractivity contribution in [1.29, 1.82) is 0 Å². The Morgan fingerprint density at radius 1 is 1.12 bits per heavy atom. The number of hydrogen-bond acceptors (Lipinski definition) is 4. The van der Waals surface area contributed by atoms with Gasteiger partial charge in [-0.15, -0.1) is 0 Å². The van der Waals surface area contributed by atoms with Gasteiger partial charge >= 0.3 is 0 Å². The molecule has 1 aromatic rings. The minimum atomic E-state index is 0.107. The highest BCUT2D eigenvalue weighted by molar-refractivity contribution is 5.77. The number of likely N-dealkylation sites (tertiary alicyclic amines) is 2. The zero-order valence-corrected chi connectivity index (χ0v) is 16.5. The molecule has 1 aromatic carbocycles. The molecule has 5 heteroatoms. The zero-order chi connectivity index (χ0) is 18.6. The van der Waals surface area contributed by atoms with E-state index in [-0.39, 0.29) is 11.4 Å². The fraction of sp³-hybridized carbons (Fsp3) is 0.667. The van der Waals surface area contributed by atoms with Crippen molar-refractivity contribution >= 4 is 11.6 Å². The molecule has 0 aliphatic carbocycles. The van der Waals surface area contributed by atoms with Crippen LogP contribution in [0.5, 0.6) is 0 Å². The van der Waals surface area contributed by atoms with Gasteiger partial charge in [0, 0.05) is 58.6 Å². The fourth-order valence-corrected chi connectivity index (χ4v) is 4.46. The van der Waals surface area contributed by atoms with Crippen LogP contribution in [0.3, 0.4) is 0 Å². The first kappa shape index (κ1) is 19.2. The van der Waals surface area contributed by atoms with Crippen LogP contribution >= 0.6 is 0 Å². The van der Waals surface area contributed by atoms with E-state index in [4.69, 9.17) is 4.74 Å². The molecular weight excluding hydrogens is 326 g/mol. The number of amides is 1. The Hall–Kier alpha value is -1.59. The van der Waals surface area contributed by atoms with Crippen LogP contribution in [-0.4, -0.2) is 68.7 Å². The third-order valence-corrected chi connectivity index (χ3v) is 6.06. The molecule has 26 heavy (non-hydrogen) atoms. The quantitative estimate of drug-likeness (QED) is 0.782. The van der Waals surface area contributed by atoms with Crippen LogP contribution in [0.1, 0.15) is 37.7 Å². The Kier molecular flexibility index (Phi) is 6.20. The summed E-state index contributed by atoms with van der Waals surface area (Å²) in [5, 5.41) is 0. The summed E-state index contributed by atoms with van der Waals surface area (Å²) < 4.78 is 5.10. The minimum Gasteiger partial charge on any atom is -0.384 e. The Morgan fingerprint density at radius 2 is 1.81 bits per heavy atom. The summed E-state index contributed by atoms with van der Waals surface area (Å²) in [5.74, 6) is 0.275. The number of methoxy groups -OCH3 is 1. The van der Waals surface area contributed by atoms with Crippen LogP contribution in [-0.2, 0) is 16.1 Å². The molecule has 1 spiro atoms. The summed E-state index contributed by atoms with van der Waals surface area (Å²) in [6.07, 6.45) is 5.02. The highest BCUT2D eigenvalue weighted by atomic mass is 16.5. The molecule has 0 unspecified atom stereocenters. The first-order valence-corrected chi connectivity index (χ1v) is 9.82. The van der Waals surface area contributed by atoms with Gasteiger partial charge in [0.1, 0.15) is 0 Å². The average molecular weight is 360 g/mol. The first-order valence-electron chi connectivity index (χ1n) is 9.82. The molecule has 144 valence electrons. The average Bonchev–Trinajstić information content (AvgIpc) is 3.05. The van der Waals surface area contributed by atoms with Crippen LogP contribution in [0.4, 0.5) is 5.69 Å². The van der Waals surface area contributed by atoms with Gasteiger partial charge in [-0.3, -0.25) is 9.69 Å². The lowest BCUT2D eigenvalue weighted by atomic mass is 9.84. The number of hydrogen-bond donors (Lipinski definition) is 0. The lowest BCUT2D eigenvalue weighted by Crippen LogP contribution is -2.54. The van der Waals surface area contributed by atoms with Gasteiger partial charge in [0.2, 0.25) is 5.91 Å². The summed E-state index contributed by atoms with van der Waals surface area (Å²) >= 11 is 0. The number of benzene rings is 1. The molecular formula is C21H33N3O2. The van der Waals surface area contributed by atoms with Gasteiger partial charge in [0.15, 0.2) is 0 Å². The third kappa shape index (κ3) is 4.21. The normalized spacial score (nSPS) is 19.9. The van der Waals surface area contributed by atoms with E-state index in [2.05, 4.69) is 53.1 Å². The van der Waals surface area contributed by atoms with Crippen LogP contribution in [0.25, 0.3) is 0 Å². The van der Waals surface area contributed by atoms with Crippen molar-refractivity contribution in [3.63, 3.8) is 0 Å². The largest absolute Gasteiger partial charge is 0.384 e. The van der Waals surface area contributed by atoms with Crippen molar-refractivity contribution in [2.75, 3.05) is 52.3 Å². The second-order valence-electron chi connectivity index (χ2n) is 7.95. The number of ether oxygens (including phenoxy) is 1. The van der Waals surface area contributed by atoms with E-state index in [1.165, 1.54) is 11.3 Å². The SMILES string of the molecule is COCCC(=O)N1CCCC12CCN(Cc1ccc(N(C)C)cc1)CC2. The molecule has 0 N–H and O–H groups in total. The van der Waals surface area contributed by atoms with E-state index < -0.39 is 0 Å². The molecule has 0 radical (unpaired) electrons. The van der Waals surface area contributed by atoms with Gasteiger partial charge in [-0.25, -0.2) is 0 Å². The molecule has 2 saturated heterocycles. The van der Waals surface area contributed by atoms with Crippen molar-refractivity contribution in [3.8, 4) is 0 Å². The lowest BCUT2D eigenvalue weighted by molar-refractivity contribution is -0.138. The molecule has 0 aromatic heterocycles. The van der Waals surface area contributed by atoms with E-state index in [9.17, 15) is 4.79 Å². The second kappa shape index (κ2) is 8.40. The summed E-state index contributed by atoms with van der Waals surface area (Å²) in [5.41, 5.74) is 2.71. The molecule has 0 saturated carbocycles. The van der Waals surface area contributed by atoms with Crippen LogP contribution in [0.15, 0.2) is 24.3 Å². The van der Waals surface area contributed by atoms with Crippen LogP contribution < -0.4 is 4.90 Å². The maximum Gasteiger partial charge on any atom is 0.225 e. The Balaban J connectivity index is 1.55. The maximum atomic E-state index is 12.6. The van der Waals surface area contributed by atoms with Crippen LogP contribution in [0.2, 0.25) is 0 Å². The smallest absolute Gasteiger partial charge is 0.225 e. The van der Waals surface area contributed by atoms with E-state index in [0.717, 1.165) is 51.9 Å². The molecule has 0 bridgehead atoms. The summed E-state index contributed by atoms with van der Waals surface area (Å²) in [4.78, 5) is 19.4. The number of piperidine rings is 1. The number of nitrogens with zero attached hydrogens (tertiary/aromatic N) is 3. The molecule has 0 atom stereocenters. The molecule has 5 nitrogen and oxygen atoms in total. The third-order valence-electron chi connectivity index (χ3n) is 6.06. The standard InChI is InChI=1S/C21H33N3O2/c1-22(2)19-7-5-18(6-8-19)17-23-14-11-21(12-15-23)10-4-13-24(21)20(25)9-16-26-3/h5-8H,4,9-17H2,1-3H3. The molecule has 2 aliphatic heterocycles. The predicted octanol–water partition coefficient (Wildman–Crippen LogP) is 2.75. The van der Waals surface area contributed by atoms with E-state index in [1.54, 1.807) is 7.11 Å². The molecule has 2 heterocycles. The van der Waals surface area contributed by atoms with Gasteiger partial charge in [0.05, 0.1) is 13.0 Å². The van der Waals surface area contributed by atoms with E-state index in [1.807, 2.05) is 0 Å². The number of anilines is 1. The van der Waals surface area contributed by atoms with Gasteiger partial charge in [-0.05, 0) is 43.4 Å². The van der Waals surface area contributed by atoms with Gasteiger partial charge in [-0.2, -0.15) is 0 Å². The highest BCUT2D eigenvalue weighted by Crippen LogP contribution is 2.39. The van der Waals surface area contributed by atoms with Crippen molar-refractivity contribution < 1.29 is 9.53 Å². The van der Waals surface area contributed by atoms with Gasteiger partial charge in [0.25, 0.3) is 0 Å². The second-order valence-corrected chi connectivity index (χ2v) is 7.95. The van der Waals surface area contributed by atoms with Gasteiger partial charge < -0.3 is 14.5 Å². The number of rotatable bonds is 6. The summed E-state index contributed by atoms with van der Waals surface area (Å²) in [6.45, 7) is 4.60. The molecule has 1 amide bonds. The topological polar surface area (TPSA) is 36.0 Å². The summed E-state index contributed by atoms with van der Waals surface area (Å²) in [7, 11) is 5.80. The van der Waals surface area contributed by atoms with Crippen molar-refractivity contribution in [1.82, 2.24) is 9.80 Å². The minimum absolute atomic E-state index is 0.107. The summed E-state index contributed by atoms with van der Waals surface area (Å²) in [6, 6.07) is 8.84. The van der Waals surface area contributed by atoms with Crippen LogP contribution in [0, 0.1) is 0 Å². The Labute approximate surface area is 157 Å². The predicted molar refractivity (Wildman–Crippen MR) is 105 cm³/mol. The molecule has 2 aliphatic rings. The maximum absolute atomic E-state index is 12.6. The number of carbonyl (C=O) groups is 1. The van der Waals surface area contributed by atoms with Gasteiger partial charge in [-0.1, -0.05) is 12.1 Å². The fourth-order valence-electron chi connectivity index (χ4n) is 4.46. The Bertz CT molecular complexity index is 592. The van der Waals surface area contributed by atoms with E-state index in [0.29, 0.717) is 13.0 Å². The van der Waals surface area contributed by atoms with E-state index >= 15 is 0 Å². The highest BCUT2D eigenvalue weighted by Gasteiger charge is 2.44. The van der Waals surface area contributed by atoms with Crippen molar-refractivity contribution in [3.05, 3.63) is 29.8 Å².